The van der Waals surface area contributed by atoms with Gasteiger partial charge in [0.1, 0.15) is 29.9 Å². The first-order valence-electron chi connectivity index (χ1n) is 6.57. The Morgan fingerprint density at radius 2 is 1.85 bits per heavy atom. The second kappa shape index (κ2) is 6.01. The molecule has 0 bridgehead atoms. The minimum Gasteiger partial charge on any atom is -0.387 e. The van der Waals surface area contributed by atoms with E-state index < -0.39 is 30.0 Å². The Hall–Kier alpha value is -0.630. The first-order valence-corrected chi connectivity index (χ1v) is 7.86. The average Bonchev–Trinajstić information content (AvgIpc) is 2.51. The van der Waals surface area contributed by atoms with Crippen molar-refractivity contribution in [2.45, 2.75) is 36.1 Å². The highest BCUT2D eigenvalue weighted by atomic mass is 32.2. The zero-order chi connectivity index (χ0) is 14.1. The lowest BCUT2D eigenvalue weighted by atomic mass is 9.99. The summed E-state index contributed by atoms with van der Waals surface area (Å²) in [5.74, 6) is 0. The number of hydrogen-bond donors (Lipinski definition) is 2. The molecule has 2 N–H and O–H groups in total. The van der Waals surface area contributed by atoms with Gasteiger partial charge in [-0.15, -0.1) is 11.8 Å². The normalized spacial score (nSPS) is 41.1. The molecule has 2 aliphatic rings. The molecule has 0 aromatic heterocycles. The van der Waals surface area contributed by atoms with Gasteiger partial charge in [0.25, 0.3) is 0 Å². The summed E-state index contributed by atoms with van der Waals surface area (Å²) in [5.41, 5.74) is 0.436. The van der Waals surface area contributed by atoms with Crippen molar-refractivity contribution in [2.75, 3.05) is 12.9 Å². The highest BCUT2D eigenvalue weighted by Crippen LogP contribution is 2.35. The zero-order valence-corrected chi connectivity index (χ0v) is 11.9. The lowest BCUT2D eigenvalue weighted by molar-refractivity contribution is -0.318. The molecule has 0 saturated carbocycles. The molecule has 0 radical (unpaired) electrons. The molecule has 0 spiro atoms. The topological polar surface area (TPSA) is 68.2 Å². The third-order valence-electron chi connectivity index (χ3n) is 3.64. The molecule has 1 aromatic carbocycles. The maximum atomic E-state index is 10.2. The quantitative estimate of drug-likeness (QED) is 0.846. The van der Waals surface area contributed by atoms with Gasteiger partial charge in [-0.25, -0.2) is 0 Å². The Bertz CT molecular complexity index is 440. The molecule has 1 aromatic rings. The van der Waals surface area contributed by atoms with Crippen molar-refractivity contribution in [2.24, 2.45) is 0 Å². The standard InChI is InChI=1S/C14H18O5S/c1-20-14-11(16)10(15)12-9(18-14)7-17-13(19-12)8-5-3-2-4-6-8/h2-6,9-16H,7H2,1H3/t9-,10-,11-,12+,13?,14+/m1/s1. The highest BCUT2D eigenvalue weighted by molar-refractivity contribution is 7.99. The smallest absolute Gasteiger partial charge is 0.184 e. The third kappa shape index (κ3) is 2.59. The minimum atomic E-state index is -0.971. The van der Waals surface area contributed by atoms with Gasteiger partial charge in [-0.1, -0.05) is 30.3 Å². The molecule has 110 valence electrons. The third-order valence-corrected chi connectivity index (χ3v) is 4.49. The van der Waals surface area contributed by atoms with Crippen LogP contribution in [0.25, 0.3) is 0 Å². The van der Waals surface area contributed by atoms with Gasteiger partial charge in [0.2, 0.25) is 0 Å². The molecule has 0 aliphatic carbocycles. The van der Waals surface area contributed by atoms with Crippen molar-refractivity contribution in [1.29, 1.82) is 0 Å². The first-order chi connectivity index (χ1) is 9.70. The predicted octanol–water partition coefficient (Wildman–Crippen LogP) is 0.910. The van der Waals surface area contributed by atoms with Gasteiger partial charge in [0.15, 0.2) is 6.29 Å². The van der Waals surface area contributed by atoms with Crippen molar-refractivity contribution in [1.82, 2.24) is 0 Å². The van der Waals surface area contributed by atoms with Gasteiger partial charge in [-0.05, 0) is 6.26 Å². The number of fused-ring (bicyclic) bond motifs is 1. The largest absolute Gasteiger partial charge is 0.387 e. The number of aliphatic hydroxyl groups excluding tert-OH is 2. The fraction of sp³-hybridized carbons (Fsp3) is 0.571. The van der Waals surface area contributed by atoms with Crippen LogP contribution in [0.1, 0.15) is 11.9 Å². The second-order valence-corrected chi connectivity index (χ2v) is 5.87. The van der Waals surface area contributed by atoms with Crippen molar-refractivity contribution in [3.8, 4) is 0 Å². The van der Waals surface area contributed by atoms with Crippen LogP contribution in [0.15, 0.2) is 30.3 Å². The molecule has 20 heavy (non-hydrogen) atoms. The van der Waals surface area contributed by atoms with Crippen molar-refractivity contribution in [3.05, 3.63) is 35.9 Å². The number of ether oxygens (including phenoxy) is 3. The van der Waals surface area contributed by atoms with E-state index in [-0.39, 0.29) is 6.10 Å². The van der Waals surface area contributed by atoms with Crippen LogP contribution in [0.3, 0.4) is 0 Å². The summed E-state index contributed by atoms with van der Waals surface area (Å²) in [5, 5.41) is 20.2. The monoisotopic (exact) mass is 298 g/mol. The Morgan fingerprint density at radius 3 is 2.55 bits per heavy atom. The molecule has 2 fully saturated rings. The van der Waals surface area contributed by atoms with E-state index in [0.717, 1.165) is 5.56 Å². The van der Waals surface area contributed by atoms with Gasteiger partial charge in [-0.3, -0.25) is 0 Å². The summed E-state index contributed by atoms with van der Waals surface area (Å²) in [6.07, 6.45) is -1.56. The summed E-state index contributed by atoms with van der Waals surface area (Å²) in [6.45, 7) is 0.338. The van der Waals surface area contributed by atoms with Gasteiger partial charge in [0, 0.05) is 5.56 Å². The summed E-state index contributed by atoms with van der Waals surface area (Å²) < 4.78 is 17.2. The molecule has 2 saturated heterocycles. The molecular weight excluding hydrogens is 280 g/mol. The number of benzene rings is 1. The van der Waals surface area contributed by atoms with Crippen LogP contribution in [-0.2, 0) is 14.2 Å². The molecule has 2 heterocycles. The van der Waals surface area contributed by atoms with Gasteiger partial charge < -0.3 is 24.4 Å². The highest BCUT2D eigenvalue weighted by Gasteiger charge is 2.48. The summed E-state index contributed by atoms with van der Waals surface area (Å²) in [4.78, 5) is 0. The van der Waals surface area contributed by atoms with E-state index in [1.807, 2.05) is 36.6 Å². The first kappa shape index (κ1) is 14.3. The van der Waals surface area contributed by atoms with Crippen molar-refractivity contribution in [3.63, 3.8) is 0 Å². The summed E-state index contributed by atoms with van der Waals surface area (Å²) in [6, 6.07) is 9.53. The average molecular weight is 298 g/mol. The van der Waals surface area contributed by atoms with E-state index in [0.29, 0.717) is 6.61 Å². The Balaban J connectivity index is 1.74. The molecule has 2 aliphatic heterocycles. The maximum Gasteiger partial charge on any atom is 0.184 e. The van der Waals surface area contributed by atoms with E-state index in [1.165, 1.54) is 11.8 Å². The van der Waals surface area contributed by atoms with E-state index in [4.69, 9.17) is 14.2 Å². The van der Waals surface area contributed by atoms with E-state index in [2.05, 4.69) is 0 Å². The maximum absolute atomic E-state index is 10.2. The number of aliphatic hydroxyl groups is 2. The van der Waals surface area contributed by atoms with Crippen molar-refractivity contribution < 1.29 is 24.4 Å². The predicted molar refractivity (Wildman–Crippen MR) is 74.2 cm³/mol. The van der Waals surface area contributed by atoms with Gasteiger partial charge >= 0.3 is 0 Å². The number of hydrogen-bond acceptors (Lipinski definition) is 6. The number of thioether (sulfide) groups is 1. The zero-order valence-electron chi connectivity index (χ0n) is 11.1. The van der Waals surface area contributed by atoms with Gasteiger partial charge in [0.05, 0.1) is 6.61 Å². The van der Waals surface area contributed by atoms with Crippen LogP contribution in [-0.4, -0.2) is 52.9 Å². The van der Waals surface area contributed by atoms with Crippen LogP contribution >= 0.6 is 11.8 Å². The van der Waals surface area contributed by atoms with Gasteiger partial charge in [-0.2, -0.15) is 0 Å². The summed E-state index contributed by atoms with van der Waals surface area (Å²) >= 11 is 1.37. The van der Waals surface area contributed by atoms with E-state index >= 15 is 0 Å². The lowest BCUT2D eigenvalue weighted by Crippen LogP contribution is -2.60. The van der Waals surface area contributed by atoms with Crippen LogP contribution in [0, 0.1) is 0 Å². The summed E-state index contributed by atoms with van der Waals surface area (Å²) in [7, 11) is 0. The minimum absolute atomic E-state index is 0.338. The van der Waals surface area contributed by atoms with E-state index in [1.54, 1.807) is 0 Å². The Labute approximate surface area is 121 Å². The fourth-order valence-electron chi connectivity index (χ4n) is 2.55. The molecule has 6 atom stereocenters. The molecule has 3 rings (SSSR count). The lowest BCUT2D eigenvalue weighted by Gasteiger charge is -2.46. The Kier molecular flexibility index (Phi) is 4.30. The van der Waals surface area contributed by atoms with E-state index in [9.17, 15) is 10.2 Å². The molecular formula is C14H18O5S. The fourth-order valence-corrected chi connectivity index (χ4v) is 3.25. The molecule has 0 amide bonds. The van der Waals surface area contributed by atoms with Crippen molar-refractivity contribution >= 4 is 11.8 Å². The SMILES string of the molecule is CS[C@@H]1O[C@@H]2COC(c3ccccc3)O[C@@H]2[C@H](O)[C@H]1O. The van der Waals surface area contributed by atoms with Crippen LogP contribution < -0.4 is 0 Å². The molecule has 1 unspecified atom stereocenters. The molecule has 6 heteroatoms. The Morgan fingerprint density at radius 1 is 1.10 bits per heavy atom. The van der Waals surface area contributed by atoms with Crippen LogP contribution in [0.4, 0.5) is 0 Å². The van der Waals surface area contributed by atoms with Crippen LogP contribution in [0.5, 0.6) is 0 Å². The number of rotatable bonds is 2. The molecule has 5 nitrogen and oxygen atoms in total. The van der Waals surface area contributed by atoms with Crippen LogP contribution in [0.2, 0.25) is 0 Å². The second-order valence-electron chi connectivity index (χ2n) is 4.94.